The van der Waals surface area contributed by atoms with Gasteiger partial charge in [0.25, 0.3) is 0 Å². The molecule has 1 aromatic carbocycles. The first-order valence-corrected chi connectivity index (χ1v) is 5.70. The quantitative estimate of drug-likeness (QED) is 0.733. The Hall–Kier alpha value is -0.830. The SMILES string of the molecule is COC(=O)C1(C)Cc2ccc(Br)cc2C1. The topological polar surface area (TPSA) is 26.3 Å². The van der Waals surface area contributed by atoms with Gasteiger partial charge < -0.3 is 4.74 Å². The summed E-state index contributed by atoms with van der Waals surface area (Å²) in [4.78, 5) is 11.7. The summed E-state index contributed by atoms with van der Waals surface area (Å²) in [5, 5.41) is 0. The molecule has 0 aromatic heterocycles. The Bertz CT molecular complexity index is 414. The Balaban J connectivity index is 2.32. The molecule has 1 aliphatic rings. The van der Waals surface area contributed by atoms with Crippen molar-refractivity contribution in [2.45, 2.75) is 19.8 Å². The van der Waals surface area contributed by atoms with Crippen molar-refractivity contribution in [2.75, 3.05) is 7.11 Å². The van der Waals surface area contributed by atoms with Crippen LogP contribution in [0.5, 0.6) is 0 Å². The third-order valence-corrected chi connectivity index (χ3v) is 3.50. The lowest BCUT2D eigenvalue weighted by molar-refractivity contribution is -0.151. The van der Waals surface area contributed by atoms with Crippen LogP contribution in [0.1, 0.15) is 18.1 Å². The molecular formula is C12H13BrO2. The number of esters is 1. The van der Waals surface area contributed by atoms with Crippen molar-refractivity contribution in [3.8, 4) is 0 Å². The maximum Gasteiger partial charge on any atom is 0.312 e. The summed E-state index contributed by atoms with van der Waals surface area (Å²) in [6.07, 6.45) is 1.55. The molecule has 15 heavy (non-hydrogen) atoms. The smallest absolute Gasteiger partial charge is 0.312 e. The average molecular weight is 269 g/mol. The van der Waals surface area contributed by atoms with Gasteiger partial charge in [-0.2, -0.15) is 0 Å². The monoisotopic (exact) mass is 268 g/mol. The fourth-order valence-electron chi connectivity index (χ4n) is 2.23. The predicted molar refractivity (Wildman–Crippen MR) is 61.7 cm³/mol. The summed E-state index contributed by atoms with van der Waals surface area (Å²) in [5.74, 6) is -0.116. The lowest BCUT2D eigenvalue weighted by atomic mass is 9.87. The highest BCUT2D eigenvalue weighted by molar-refractivity contribution is 9.10. The third kappa shape index (κ3) is 1.81. The third-order valence-electron chi connectivity index (χ3n) is 3.01. The highest BCUT2D eigenvalue weighted by Crippen LogP contribution is 2.38. The number of carbonyl (C=O) groups is 1. The lowest BCUT2D eigenvalue weighted by Gasteiger charge is -2.19. The van der Waals surface area contributed by atoms with E-state index in [4.69, 9.17) is 4.74 Å². The molecule has 0 heterocycles. The first kappa shape index (κ1) is 10.7. The molecule has 0 saturated heterocycles. The number of hydrogen-bond acceptors (Lipinski definition) is 2. The van der Waals surface area contributed by atoms with Crippen LogP contribution in [-0.2, 0) is 22.4 Å². The summed E-state index contributed by atoms with van der Waals surface area (Å²) >= 11 is 3.44. The fourth-order valence-corrected chi connectivity index (χ4v) is 2.63. The van der Waals surface area contributed by atoms with Crippen LogP contribution < -0.4 is 0 Å². The van der Waals surface area contributed by atoms with Gasteiger partial charge in [-0.3, -0.25) is 4.79 Å². The van der Waals surface area contributed by atoms with Gasteiger partial charge in [0, 0.05) is 4.47 Å². The maximum atomic E-state index is 11.7. The summed E-state index contributed by atoms with van der Waals surface area (Å²) < 4.78 is 5.91. The zero-order valence-electron chi connectivity index (χ0n) is 8.84. The number of rotatable bonds is 1. The standard InChI is InChI=1S/C12H13BrO2/c1-12(11(14)15-2)6-8-3-4-10(13)5-9(8)7-12/h3-5H,6-7H2,1-2H3. The van der Waals surface area contributed by atoms with Crippen LogP contribution in [0.4, 0.5) is 0 Å². The van der Waals surface area contributed by atoms with Crippen LogP contribution in [0.25, 0.3) is 0 Å². The minimum atomic E-state index is -0.377. The van der Waals surface area contributed by atoms with Crippen LogP contribution in [0.2, 0.25) is 0 Å². The number of benzene rings is 1. The Morgan fingerprint density at radius 2 is 2.07 bits per heavy atom. The first-order valence-electron chi connectivity index (χ1n) is 4.91. The van der Waals surface area contributed by atoms with Gasteiger partial charge in [-0.05, 0) is 43.0 Å². The minimum Gasteiger partial charge on any atom is -0.469 e. The molecule has 1 aromatic rings. The van der Waals surface area contributed by atoms with Gasteiger partial charge in [0.15, 0.2) is 0 Å². The van der Waals surface area contributed by atoms with Crippen LogP contribution in [0.3, 0.4) is 0 Å². The molecular weight excluding hydrogens is 256 g/mol. The Morgan fingerprint density at radius 1 is 1.40 bits per heavy atom. The first-order chi connectivity index (χ1) is 7.05. The van der Waals surface area contributed by atoms with Gasteiger partial charge >= 0.3 is 5.97 Å². The van der Waals surface area contributed by atoms with Crippen LogP contribution in [-0.4, -0.2) is 13.1 Å². The van der Waals surface area contributed by atoms with Gasteiger partial charge in [0.2, 0.25) is 0 Å². The van der Waals surface area contributed by atoms with Crippen molar-refractivity contribution in [1.82, 2.24) is 0 Å². The van der Waals surface area contributed by atoms with Crippen molar-refractivity contribution in [3.63, 3.8) is 0 Å². The van der Waals surface area contributed by atoms with E-state index in [9.17, 15) is 4.79 Å². The van der Waals surface area contributed by atoms with E-state index in [0.717, 1.165) is 17.3 Å². The minimum absolute atomic E-state index is 0.116. The Kier molecular flexibility index (Phi) is 2.59. The van der Waals surface area contributed by atoms with E-state index in [2.05, 4.69) is 28.1 Å². The van der Waals surface area contributed by atoms with Gasteiger partial charge in [-0.1, -0.05) is 22.0 Å². The van der Waals surface area contributed by atoms with Gasteiger partial charge in [-0.15, -0.1) is 0 Å². The second-order valence-electron chi connectivity index (χ2n) is 4.32. The Morgan fingerprint density at radius 3 is 2.73 bits per heavy atom. The molecule has 0 amide bonds. The van der Waals surface area contributed by atoms with Crippen molar-refractivity contribution < 1.29 is 9.53 Å². The number of methoxy groups -OCH3 is 1. The predicted octanol–water partition coefficient (Wildman–Crippen LogP) is 2.73. The van der Waals surface area contributed by atoms with E-state index in [1.54, 1.807) is 0 Å². The summed E-state index contributed by atoms with van der Waals surface area (Å²) in [6, 6.07) is 6.18. The van der Waals surface area contributed by atoms with E-state index < -0.39 is 0 Å². The molecule has 80 valence electrons. The average Bonchev–Trinajstić information content (AvgIpc) is 2.53. The summed E-state index contributed by atoms with van der Waals surface area (Å²) in [6.45, 7) is 1.97. The molecule has 1 aliphatic carbocycles. The number of carbonyl (C=O) groups excluding carboxylic acids is 1. The zero-order chi connectivity index (χ0) is 11.1. The fraction of sp³-hybridized carbons (Fsp3) is 0.417. The zero-order valence-corrected chi connectivity index (χ0v) is 10.4. The van der Waals surface area contributed by atoms with E-state index in [0.29, 0.717) is 0 Å². The number of halogens is 1. The van der Waals surface area contributed by atoms with Crippen LogP contribution in [0, 0.1) is 5.41 Å². The molecule has 0 bridgehead atoms. The van der Waals surface area contributed by atoms with Crippen molar-refractivity contribution in [2.24, 2.45) is 5.41 Å². The number of fused-ring (bicyclic) bond motifs is 1. The summed E-state index contributed by atoms with van der Waals surface area (Å²) in [5.41, 5.74) is 2.13. The molecule has 1 atom stereocenters. The van der Waals surface area contributed by atoms with Gasteiger partial charge in [-0.25, -0.2) is 0 Å². The second-order valence-corrected chi connectivity index (χ2v) is 5.23. The van der Waals surface area contributed by atoms with Gasteiger partial charge in [0.1, 0.15) is 0 Å². The Labute approximate surface area is 97.8 Å². The molecule has 1 unspecified atom stereocenters. The molecule has 0 fully saturated rings. The largest absolute Gasteiger partial charge is 0.469 e. The molecule has 0 N–H and O–H groups in total. The van der Waals surface area contributed by atoms with E-state index in [-0.39, 0.29) is 11.4 Å². The van der Waals surface area contributed by atoms with Crippen molar-refractivity contribution in [3.05, 3.63) is 33.8 Å². The molecule has 2 nitrogen and oxygen atoms in total. The van der Waals surface area contributed by atoms with Gasteiger partial charge in [0.05, 0.1) is 12.5 Å². The molecule has 0 radical (unpaired) electrons. The molecule has 0 saturated carbocycles. The highest BCUT2D eigenvalue weighted by Gasteiger charge is 2.40. The molecule has 2 rings (SSSR count). The van der Waals surface area contributed by atoms with E-state index >= 15 is 0 Å². The van der Waals surface area contributed by atoms with Crippen molar-refractivity contribution in [1.29, 1.82) is 0 Å². The van der Waals surface area contributed by atoms with E-state index in [1.807, 2.05) is 13.0 Å². The number of ether oxygens (including phenoxy) is 1. The lowest BCUT2D eigenvalue weighted by Crippen LogP contribution is -2.29. The highest BCUT2D eigenvalue weighted by atomic mass is 79.9. The molecule has 3 heteroatoms. The number of hydrogen-bond donors (Lipinski definition) is 0. The van der Waals surface area contributed by atoms with Crippen molar-refractivity contribution >= 4 is 21.9 Å². The normalized spacial score (nSPS) is 23.7. The molecule has 0 spiro atoms. The molecule has 0 aliphatic heterocycles. The van der Waals surface area contributed by atoms with Crippen LogP contribution in [0.15, 0.2) is 22.7 Å². The second kappa shape index (κ2) is 3.63. The summed E-state index contributed by atoms with van der Waals surface area (Å²) in [7, 11) is 1.45. The maximum absolute atomic E-state index is 11.7. The van der Waals surface area contributed by atoms with Crippen LogP contribution >= 0.6 is 15.9 Å². The van der Waals surface area contributed by atoms with E-state index in [1.165, 1.54) is 18.2 Å².